The Morgan fingerprint density at radius 1 is 1.40 bits per heavy atom. The van der Waals surface area contributed by atoms with Crippen LogP contribution in [0.2, 0.25) is 0 Å². The number of aromatic nitrogens is 1. The number of rotatable bonds is 3. The molecule has 1 amide bonds. The maximum atomic E-state index is 13.1. The molecule has 0 bridgehead atoms. The molecule has 108 valence electrons. The quantitative estimate of drug-likeness (QED) is 0.914. The maximum absolute atomic E-state index is 13.1. The molecule has 1 heterocycles. The second kappa shape index (κ2) is 5.36. The fourth-order valence-corrected chi connectivity index (χ4v) is 2.67. The van der Waals surface area contributed by atoms with E-state index < -0.39 is 6.04 Å². The third-order valence-corrected chi connectivity index (χ3v) is 3.53. The highest BCUT2D eigenvalue weighted by atomic mass is 32.1. The summed E-state index contributed by atoms with van der Waals surface area (Å²) in [6, 6.07) is 4.05. The number of fused-ring (bicyclic) bond motifs is 1. The molecular weight excluding hydrogens is 277 g/mol. The number of carbonyl (C=O) groups excluding carboxylic acids is 1. The molecule has 0 saturated carbocycles. The highest BCUT2D eigenvalue weighted by Gasteiger charge is 2.20. The van der Waals surface area contributed by atoms with E-state index in [4.69, 9.17) is 0 Å². The first-order chi connectivity index (χ1) is 9.24. The largest absolute Gasteiger partial charge is 0.350 e. The third-order valence-electron chi connectivity index (χ3n) is 2.58. The summed E-state index contributed by atoms with van der Waals surface area (Å²) < 4.78 is 13.9. The second-order valence-corrected chi connectivity index (χ2v) is 6.77. The van der Waals surface area contributed by atoms with Gasteiger partial charge in [0, 0.05) is 5.54 Å². The van der Waals surface area contributed by atoms with E-state index in [0.717, 1.165) is 10.2 Å². The van der Waals surface area contributed by atoms with Crippen molar-refractivity contribution in [3.63, 3.8) is 0 Å². The van der Waals surface area contributed by atoms with E-state index in [1.165, 1.54) is 23.5 Å². The molecule has 6 heteroatoms. The van der Waals surface area contributed by atoms with Crippen molar-refractivity contribution in [3.05, 3.63) is 24.0 Å². The van der Waals surface area contributed by atoms with Crippen molar-refractivity contribution < 1.29 is 9.18 Å². The van der Waals surface area contributed by atoms with Crippen LogP contribution in [0.4, 0.5) is 9.52 Å². The molecule has 1 atom stereocenters. The van der Waals surface area contributed by atoms with Crippen LogP contribution in [0.5, 0.6) is 0 Å². The molecular formula is C14H18FN3OS. The molecule has 0 saturated heterocycles. The zero-order chi connectivity index (χ0) is 14.9. The van der Waals surface area contributed by atoms with Crippen LogP contribution in [0.15, 0.2) is 18.2 Å². The minimum Gasteiger partial charge on any atom is -0.350 e. The highest BCUT2D eigenvalue weighted by Crippen LogP contribution is 2.26. The number of hydrogen-bond donors (Lipinski definition) is 2. The van der Waals surface area contributed by atoms with Gasteiger partial charge in [-0.3, -0.25) is 4.79 Å². The second-order valence-electron chi connectivity index (χ2n) is 5.74. The number of anilines is 1. The van der Waals surface area contributed by atoms with Gasteiger partial charge in [-0.2, -0.15) is 0 Å². The lowest BCUT2D eigenvalue weighted by molar-refractivity contribution is -0.122. The van der Waals surface area contributed by atoms with E-state index in [1.54, 1.807) is 13.0 Å². The lowest BCUT2D eigenvalue weighted by Crippen LogP contribution is -2.47. The number of thiazole rings is 1. The summed E-state index contributed by atoms with van der Waals surface area (Å²) in [7, 11) is 0. The Morgan fingerprint density at radius 3 is 2.75 bits per heavy atom. The molecule has 2 rings (SSSR count). The molecule has 0 fully saturated rings. The number of amides is 1. The highest BCUT2D eigenvalue weighted by molar-refractivity contribution is 7.22. The van der Waals surface area contributed by atoms with Crippen LogP contribution in [-0.2, 0) is 4.79 Å². The smallest absolute Gasteiger partial charge is 0.242 e. The Morgan fingerprint density at radius 2 is 2.10 bits per heavy atom. The Hall–Kier alpha value is -1.69. The minimum atomic E-state index is -0.403. The van der Waals surface area contributed by atoms with E-state index in [0.29, 0.717) is 5.13 Å². The monoisotopic (exact) mass is 295 g/mol. The van der Waals surface area contributed by atoms with Crippen molar-refractivity contribution in [2.24, 2.45) is 0 Å². The van der Waals surface area contributed by atoms with Gasteiger partial charge in [-0.25, -0.2) is 9.37 Å². The topological polar surface area (TPSA) is 54.0 Å². The molecule has 0 aliphatic rings. The van der Waals surface area contributed by atoms with Gasteiger partial charge in [0.25, 0.3) is 0 Å². The van der Waals surface area contributed by atoms with E-state index >= 15 is 0 Å². The van der Waals surface area contributed by atoms with Crippen molar-refractivity contribution in [3.8, 4) is 0 Å². The van der Waals surface area contributed by atoms with Gasteiger partial charge in [-0.05, 0) is 45.9 Å². The summed E-state index contributed by atoms with van der Waals surface area (Å²) in [5, 5.41) is 6.56. The van der Waals surface area contributed by atoms with E-state index in [9.17, 15) is 9.18 Å². The first-order valence-electron chi connectivity index (χ1n) is 6.39. The Balaban J connectivity index is 2.09. The number of nitrogens with one attached hydrogen (secondary N) is 2. The van der Waals surface area contributed by atoms with Crippen LogP contribution >= 0.6 is 11.3 Å². The average molecular weight is 295 g/mol. The van der Waals surface area contributed by atoms with Crippen molar-refractivity contribution in [1.82, 2.24) is 10.3 Å². The SMILES string of the molecule is CC(Nc1nc2ccc(F)cc2s1)C(=O)NC(C)(C)C. The van der Waals surface area contributed by atoms with Crippen LogP contribution in [0.25, 0.3) is 10.2 Å². The van der Waals surface area contributed by atoms with Crippen molar-refractivity contribution >= 4 is 32.6 Å². The fourth-order valence-electron chi connectivity index (χ4n) is 1.69. The van der Waals surface area contributed by atoms with Crippen LogP contribution in [0, 0.1) is 5.82 Å². The normalized spacial score (nSPS) is 13.2. The number of benzene rings is 1. The minimum absolute atomic E-state index is 0.0945. The number of halogens is 1. The number of carbonyl (C=O) groups is 1. The number of hydrogen-bond acceptors (Lipinski definition) is 4. The molecule has 4 nitrogen and oxygen atoms in total. The summed E-state index contributed by atoms with van der Waals surface area (Å²) in [5.41, 5.74) is 0.450. The summed E-state index contributed by atoms with van der Waals surface area (Å²) in [5.74, 6) is -0.380. The molecule has 1 unspecified atom stereocenters. The third kappa shape index (κ3) is 3.66. The fraction of sp³-hybridized carbons (Fsp3) is 0.429. The summed E-state index contributed by atoms with van der Waals surface area (Å²) in [6.07, 6.45) is 0. The summed E-state index contributed by atoms with van der Waals surface area (Å²) >= 11 is 1.33. The van der Waals surface area contributed by atoms with Gasteiger partial charge in [-0.15, -0.1) is 0 Å². The van der Waals surface area contributed by atoms with Gasteiger partial charge >= 0.3 is 0 Å². The predicted molar refractivity (Wildman–Crippen MR) is 80.6 cm³/mol. The lowest BCUT2D eigenvalue weighted by atomic mass is 10.1. The molecule has 0 aliphatic carbocycles. The van der Waals surface area contributed by atoms with Gasteiger partial charge in [0.2, 0.25) is 5.91 Å². The molecule has 1 aromatic heterocycles. The molecule has 2 aromatic rings. The molecule has 0 spiro atoms. The van der Waals surface area contributed by atoms with Gasteiger partial charge < -0.3 is 10.6 Å². The molecule has 2 N–H and O–H groups in total. The van der Waals surface area contributed by atoms with Crippen LogP contribution in [-0.4, -0.2) is 22.5 Å². The zero-order valence-electron chi connectivity index (χ0n) is 12.0. The molecule has 0 radical (unpaired) electrons. The first-order valence-corrected chi connectivity index (χ1v) is 7.21. The molecule has 1 aromatic carbocycles. The van der Waals surface area contributed by atoms with Crippen molar-refractivity contribution in [2.45, 2.75) is 39.3 Å². The summed E-state index contributed by atoms with van der Waals surface area (Å²) in [4.78, 5) is 16.3. The zero-order valence-corrected chi connectivity index (χ0v) is 12.8. The van der Waals surface area contributed by atoms with E-state index in [1.807, 2.05) is 20.8 Å². The number of nitrogens with zero attached hydrogens (tertiary/aromatic N) is 1. The first kappa shape index (κ1) is 14.7. The Kier molecular flexibility index (Phi) is 3.94. The van der Waals surface area contributed by atoms with Crippen LogP contribution < -0.4 is 10.6 Å². The van der Waals surface area contributed by atoms with Crippen LogP contribution in [0.3, 0.4) is 0 Å². The van der Waals surface area contributed by atoms with Gasteiger partial charge in [0.05, 0.1) is 10.2 Å². The van der Waals surface area contributed by atoms with Crippen LogP contribution in [0.1, 0.15) is 27.7 Å². The average Bonchev–Trinajstić information content (AvgIpc) is 2.67. The van der Waals surface area contributed by atoms with E-state index in [-0.39, 0.29) is 17.3 Å². The van der Waals surface area contributed by atoms with Crippen molar-refractivity contribution in [2.75, 3.05) is 5.32 Å². The lowest BCUT2D eigenvalue weighted by Gasteiger charge is -2.23. The Bertz CT molecular complexity index is 633. The predicted octanol–water partition coefficient (Wildman–Crippen LogP) is 3.15. The molecule has 0 aliphatic heterocycles. The van der Waals surface area contributed by atoms with E-state index in [2.05, 4.69) is 15.6 Å². The van der Waals surface area contributed by atoms with Gasteiger partial charge in [0.15, 0.2) is 5.13 Å². The maximum Gasteiger partial charge on any atom is 0.242 e. The molecule has 20 heavy (non-hydrogen) atoms. The van der Waals surface area contributed by atoms with Crippen molar-refractivity contribution in [1.29, 1.82) is 0 Å². The summed E-state index contributed by atoms with van der Waals surface area (Å²) in [6.45, 7) is 7.56. The standard InChI is InChI=1S/C14H18FN3OS/c1-8(12(19)18-14(2,3)4)16-13-17-10-6-5-9(15)7-11(10)20-13/h5-8H,1-4H3,(H,16,17)(H,18,19). The Labute approximate surface area is 121 Å². The van der Waals surface area contributed by atoms with Gasteiger partial charge in [-0.1, -0.05) is 11.3 Å². The van der Waals surface area contributed by atoms with Gasteiger partial charge in [0.1, 0.15) is 11.9 Å².